The zero-order valence-corrected chi connectivity index (χ0v) is 16.3. The fraction of sp³-hybridized carbons (Fsp3) is 0.750. The number of rotatable bonds is 5. The smallest absolute Gasteiger partial charge is 0.342 e. The van der Waals surface area contributed by atoms with E-state index in [9.17, 15) is 9.59 Å². The quantitative estimate of drug-likeness (QED) is 0.740. The van der Waals surface area contributed by atoms with Gasteiger partial charge in [-0.05, 0) is 66.2 Å². The number of hydrogen-bond donors (Lipinski definition) is 0. The van der Waals surface area contributed by atoms with Crippen LogP contribution in [0.3, 0.4) is 0 Å². The van der Waals surface area contributed by atoms with Crippen molar-refractivity contribution in [1.29, 1.82) is 0 Å². The second kappa shape index (κ2) is 7.41. The summed E-state index contributed by atoms with van der Waals surface area (Å²) >= 11 is 0. The summed E-state index contributed by atoms with van der Waals surface area (Å²) in [6.45, 7) is 7.91. The lowest BCUT2D eigenvalue weighted by Gasteiger charge is -2.28. The highest BCUT2D eigenvalue weighted by atomic mass is 16.6. The normalized spacial score (nSPS) is 23.5. The molecule has 2 aliphatic rings. The number of carbonyl (C=O) groups excluding carboxylic acids is 2. The van der Waals surface area contributed by atoms with Crippen LogP contribution in [0.5, 0.6) is 0 Å². The topological polar surface area (TPSA) is 70.4 Å². The summed E-state index contributed by atoms with van der Waals surface area (Å²) in [5.41, 5.74) is 1.12. The average molecular weight is 362 g/mol. The molecule has 6 heteroatoms. The average Bonchev–Trinajstić information content (AvgIpc) is 3.31. The first-order chi connectivity index (χ1) is 12.3. The van der Waals surface area contributed by atoms with Gasteiger partial charge in [0.05, 0.1) is 30.5 Å². The van der Waals surface area contributed by atoms with E-state index in [2.05, 4.69) is 5.10 Å². The van der Waals surface area contributed by atoms with Crippen molar-refractivity contribution in [2.75, 3.05) is 6.61 Å². The summed E-state index contributed by atoms with van der Waals surface area (Å²) in [6, 6.07) is 0.243. The molecular formula is C20H30N2O4. The van der Waals surface area contributed by atoms with Crippen molar-refractivity contribution in [1.82, 2.24) is 9.78 Å². The van der Waals surface area contributed by atoms with Crippen LogP contribution in [0.15, 0.2) is 6.20 Å². The molecule has 0 spiro atoms. The van der Waals surface area contributed by atoms with Gasteiger partial charge in [0.15, 0.2) is 0 Å². The molecule has 1 aromatic heterocycles. The molecule has 0 aromatic carbocycles. The fourth-order valence-corrected chi connectivity index (χ4v) is 3.73. The highest BCUT2D eigenvalue weighted by Gasteiger charge is 2.37. The molecule has 2 saturated carbocycles. The lowest BCUT2D eigenvalue weighted by molar-refractivity contribution is -0.149. The third kappa shape index (κ3) is 4.27. The van der Waals surface area contributed by atoms with Gasteiger partial charge in [-0.1, -0.05) is 0 Å². The number of carbonyl (C=O) groups is 2. The molecule has 0 saturated heterocycles. The minimum absolute atomic E-state index is 0.00327. The van der Waals surface area contributed by atoms with Gasteiger partial charge < -0.3 is 9.47 Å². The fourth-order valence-electron chi connectivity index (χ4n) is 3.73. The van der Waals surface area contributed by atoms with E-state index in [1.54, 1.807) is 6.20 Å². The summed E-state index contributed by atoms with van der Waals surface area (Å²) < 4.78 is 12.8. The standard InChI is InChI=1S/C20H30N2O4/c1-5-25-18(23)14-8-10-15(11-9-14)22-17(13-6-7-13)16(12-21-22)19(24)26-20(2,3)4/h12-15H,5-11H2,1-4H3. The highest BCUT2D eigenvalue weighted by Crippen LogP contribution is 2.44. The number of ether oxygens (including phenoxy) is 2. The van der Waals surface area contributed by atoms with E-state index in [1.807, 2.05) is 32.4 Å². The Labute approximate surface area is 155 Å². The summed E-state index contributed by atoms with van der Waals surface area (Å²) in [5, 5.41) is 4.56. The van der Waals surface area contributed by atoms with E-state index in [4.69, 9.17) is 9.47 Å². The van der Waals surface area contributed by atoms with Crippen molar-refractivity contribution in [2.45, 2.75) is 83.8 Å². The molecule has 2 aliphatic carbocycles. The van der Waals surface area contributed by atoms with Crippen molar-refractivity contribution in [3.8, 4) is 0 Å². The van der Waals surface area contributed by atoms with Gasteiger partial charge in [-0.15, -0.1) is 0 Å². The molecule has 0 N–H and O–H groups in total. The maximum atomic E-state index is 12.6. The van der Waals surface area contributed by atoms with Gasteiger partial charge >= 0.3 is 11.9 Å². The number of esters is 2. The molecule has 0 amide bonds. The zero-order chi connectivity index (χ0) is 18.9. The molecule has 144 valence electrons. The van der Waals surface area contributed by atoms with Crippen LogP contribution in [0.2, 0.25) is 0 Å². The number of nitrogens with zero attached hydrogens (tertiary/aromatic N) is 2. The third-order valence-electron chi connectivity index (χ3n) is 5.08. The zero-order valence-electron chi connectivity index (χ0n) is 16.3. The Kier molecular flexibility index (Phi) is 5.39. The Balaban J connectivity index is 1.73. The summed E-state index contributed by atoms with van der Waals surface area (Å²) in [7, 11) is 0. The Morgan fingerprint density at radius 3 is 2.35 bits per heavy atom. The van der Waals surface area contributed by atoms with Crippen LogP contribution < -0.4 is 0 Å². The molecule has 0 aliphatic heterocycles. The van der Waals surface area contributed by atoms with Crippen LogP contribution in [0.1, 0.15) is 94.2 Å². The molecule has 0 unspecified atom stereocenters. The molecule has 0 atom stereocenters. The molecule has 3 rings (SSSR count). The van der Waals surface area contributed by atoms with Gasteiger partial charge in [0.25, 0.3) is 0 Å². The van der Waals surface area contributed by atoms with Gasteiger partial charge in [0.2, 0.25) is 0 Å². The predicted molar refractivity (Wildman–Crippen MR) is 97.0 cm³/mol. The van der Waals surface area contributed by atoms with E-state index >= 15 is 0 Å². The maximum Gasteiger partial charge on any atom is 0.342 e. The number of hydrogen-bond acceptors (Lipinski definition) is 5. The molecule has 26 heavy (non-hydrogen) atoms. The van der Waals surface area contributed by atoms with Crippen LogP contribution in [-0.2, 0) is 14.3 Å². The SMILES string of the molecule is CCOC(=O)C1CCC(n2ncc(C(=O)OC(C)(C)C)c2C2CC2)CC1. The van der Waals surface area contributed by atoms with Crippen molar-refractivity contribution in [3.63, 3.8) is 0 Å². The largest absolute Gasteiger partial charge is 0.466 e. The molecular weight excluding hydrogens is 332 g/mol. The summed E-state index contributed by atoms with van der Waals surface area (Å²) in [4.78, 5) is 24.5. The van der Waals surface area contributed by atoms with Crippen molar-refractivity contribution < 1.29 is 19.1 Å². The summed E-state index contributed by atoms with van der Waals surface area (Å²) in [5.74, 6) is 0.0356. The minimum Gasteiger partial charge on any atom is -0.466 e. The van der Waals surface area contributed by atoms with Gasteiger partial charge in [-0.3, -0.25) is 9.48 Å². The minimum atomic E-state index is -0.516. The third-order valence-corrected chi connectivity index (χ3v) is 5.08. The predicted octanol–water partition coefficient (Wildman–Crippen LogP) is 4.01. The second-order valence-corrected chi connectivity index (χ2v) is 8.42. The first kappa shape index (κ1) is 18.9. The summed E-state index contributed by atoms with van der Waals surface area (Å²) in [6.07, 6.45) is 7.26. The molecule has 1 aromatic rings. The van der Waals surface area contributed by atoms with Crippen LogP contribution in [0, 0.1) is 5.92 Å². The van der Waals surface area contributed by atoms with Crippen LogP contribution in [-0.4, -0.2) is 33.9 Å². The van der Waals surface area contributed by atoms with Crippen molar-refractivity contribution in [3.05, 3.63) is 17.5 Å². The highest BCUT2D eigenvalue weighted by molar-refractivity contribution is 5.91. The molecule has 6 nitrogen and oxygen atoms in total. The second-order valence-electron chi connectivity index (χ2n) is 8.42. The molecule has 1 heterocycles. The van der Waals surface area contributed by atoms with E-state index in [0.29, 0.717) is 18.1 Å². The van der Waals surface area contributed by atoms with Gasteiger partial charge in [-0.25, -0.2) is 4.79 Å². The van der Waals surface area contributed by atoms with E-state index in [1.165, 1.54) is 0 Å². The first-order valence-electron chi connectivity index (χ1n) is 9.77. The van der Waals surface area contributed by atoms with E-state index in [-0.39, 0.29) is 23.9 Å². The Morgan fingerprint density at radius 1 is 1.15 bits per heavy atom. The lowest BCUT2D eigenvalue weighted by atomic mass is 9.86. The first-order valence-corrected chi connectivity index (χ1v) is 9.77. The van der Waals surface area contributed by atoms with Gasteiger partial charge in [0, 0.05) is 5.92 Å². The lowest BCUT2D eigenvalue weighted by Crippen LogP contribution is -2.27. The van der Waals surface area contributed by atoms with Gasteiger partial charge in [-0.2, -0.15) is 5.10 Å². The molecule has 0 radical (unpaired) electrons. The van der Waals surface area contributed by atoms with Crippen molar-refractivity contribution >= 4 is 11.9 Å². The Hall–Kier alpha value is -1.85. The van der Waals surface area contributed by atoms with E-state index < -0.39 is 5.60 Å². The Bertz CT molecular complexity index is 662. The van der Waals surface area contributed by atoms with Crippen LogP contribution >= 0.6 is 0 Å². The molecule has 0 bridgehead atoms. The van der Waals surface area contributed by atoms with Crippen LogP contribution in [0.25, 0.3) is 0 Å². The monoisotopic (exact) mass is 362 g/mol. The number of aromatic nitrogens is 2. The maximum absolute atomic E-state index is 12.6. The van der Waals surface area contributed by atoms with Gasteiger partial charge in [0.1, 0.15) is 11.2 Å². The Morgan fingerprint density at radius 2 is 1.81 bits per heavy atom. The molecule has 2 fully saturated rings. The van der Waals surface area contributed by atoms with E-state index in [0.717, 1.165) is 44.2 Å². The van der Waals surface area contributed by atoms with Crippen molar-refractivity contribution in [2.24, 2.45) is 5.92 Å². The van der Waals surface area contributed by atoms with Crippen LogP contribution in [0.4, 0.5) is 0 Å².